The van der Waals surface area contributed by atoms with Crippen LogP contribution in [0, 0.1) is 0 Å². The number of nitrogens with two attached hydrogens (primary N) is 1. The van der Waals surface area contributed by atoms with Crippen molar-refractivity contribution in [2.75, 3.05) is 19.7 Å². The second-order valence-corrected chi connectivity index (χ2v) is 4.52. The number of halogens is 1. The highest BCUT2D eigenvalue weighted by atomic mass is 79.9. The molecule has 0 atom stereocenters. The lowest BCUT2D eigenvalue weighted by Gasteiger charge is -2.10. The van der Waals surface area contributed by atoms with E-state index in [2.05, 4.69) is 28.2 Å². The number of carbonyl (C=O) groups is 1. The van der Waals surface area contributed by atoms with Gasteiger partial charge in [0.15, 0.2) is 0 Å². The zero-order valence-electron chi connectivity index (χ0n) is 9.83. The number of amides is 1. The SMILES string of the molecule is CCCNCCOc1cc(Br)ccc1C(N)=O. The van der Waals surface area contributed by atoms with Crippen molar-refractivity contribution in [1.82, 2.24) is 5.32 Å². The van der Waals surface area contributed by atoms with E-state index in [4.69, 9.17) is 10.5 Å². The van der Waals surface area contributed by atoms with E-state index < -0.39 is 5.91 Å². The molecule has 0 aromatic heterocycles. The van der Waals surface area contributed by atoms with E-state index in [0.717, 1.165) is 24.0 Å². The summed E-state index contributed by atoms with van der Waals surface area (Å²) in [5.74, 6) is 0.0409. The van der Waals surface area contributed by atoms with Crippen LogP contribution in [0.5, 0.6) is 5.75 Å². The molecule has 1 aromatic rings. The first-order chi connectivity index (χ1) is 8.15. The van der Waals surface area contributed by atoms with E-state index >= 15 is 0 Å². The van der Waals surface area contributed by atoms with Crippen molar-refractivity contribution >= 4 is 21.8 Å². The minimum atomic E-state index is -0.478. The van der Waals surface area contributed by atoms with E-state index in [0.29, 0.717) is 17.9 Å². The van der Waals surface area contributed by atoms with Crippen LogP contribution in [0.1, 0.15) is 23.7 Å². The zero-order chi connectivity index (χ0) is 12.7. The van der Waals surface area contributed by atoms with Crippen LogP contribution in [0.25, 0.3) is 0 Å². The zero-order valence-corrected chi connectivity index (χ0v) is 11.4. The van der Waals surface area contributed by atoms with Crippen molar-refractivity contribution < 1.29 is 9.53 Å². The Bertz CT molecular complexity index is 383. The largest absolute Gasteiger partial charge is 0.491 e. The molecule has 0 radical (unpaired) electrons. The number of primary amides is 1. The topological polar surface area (TPSA) is 64.3 Å². The van der Waals surface area contributed by atoms with E-state index in [1.54, 1.807) is 18.2 Å². The lowest BCUT2D eigenvalue weighted by Crippen LogP contribution is -2.22. The normalized spacial score (nSPS) is 10.2. The Morgan fingerprint density at radius 1 is 1.47 bits per heavy atom. The average Bonchev–Trinajstić information content (AvgIpc) is 2.28. The number of carbonyl (C=O) groups excluding carboxylic acids is 1. The van der Waals surface area contributed by atoms with E-state index in [9.17, 15) is 4.79 Å². The quantitative estimate of drug-likeness (QED) is 0.756. The summed E-state index contributed by atoms with van der Waals surface area (Å²) >= 11 is 3.33. The predicted molar refractivity (Wildman–Crippen MR) is 71.3 cm³/mol. The summed E-state index contributed by atoms with van der Waals surface area (Å²) in [7, 11) is 0. The van der Waals surface area contributed by atoms with Gasteiger partial charge in [-0.15, -0.1) is 0 Å². The van der Waals surface area contributed by atoms with Crippen LogP contribution in [-0.2, 0) is 0 Å². The lowest BCUT2D eigenvalue weighted by molar-refractivity contribution is 0.0996. The molecule has 0 spiro atoms. The third-order valence-electron chi connectivity index (χ3n) is 2.17. The molecule has 1 aromatic carbocycles. The summed E-state index contributed by atoms with van der Waals surface area (Å²) in [4.78, 5) is 11.2. The van der Waals surface area contributed by atoms with E-state index in [1.807, 2.05) is 0 Å². The maximum absolute atomic E-state index is 11.2. The maximum atomic E-state index is 11.2. The van der Waals surface area contributed by atoms with Gasteiger partial charge in [0.05, 0.1) is 5.56 Å². The van der Waals surface area contributed by atoms with Gasteiger partial charge in [-0.1, -0.05) is 22.9 Å². The van der Waals surface area contributed by atoms with Crippen LogP contribution in [0.2, 0.25) is 0 Å². The van der Waals surface area contributed by atoms with Crippen molar-refractivity contribution in [1.29, 1.82) is 0 Å². The maximum Gasteiger partial charge on any atom is 0.252 e. The number of hydrogen-bond donors (Lipinski definition) is 2. The van der Waals surface area contributed by atoms with Gasteiger partial charge in [0, 0.05) is 11.0 Å². The molecule has 4 nitrogen and oxygen atoms in total. The van der Waals surface area contributed by atoms with Crippen molar-refractivity contribution in [3.63, 3.8) is 0 Å². The molecule has 0 saturated heterocycles. The van der Waals surface area contributed by atoms with Crippen LogP contribution in [0.3, 0.4) is 0 Å². The third kappa shape index (κ3) is 4.75. The predicted octanol–water partition coefficient (Wildman–Crippen LogP) is 1.93. The van der Waals surface area contributed by atoms with Crippen molar-refractivity contribution in [3.8, 4) is 5.75 Å². The molecule has 1 amide bonds. The molecular formula is C12H17BrN2O2. The number of ether oxygens (including phenoxy) is 1. The van der Waals surface area contributed by atoms with Gasteiger partial charge >= 0.3 is 0 Å². The smallest absolute Gasteiger partial charge is 0.252 e. The van der Waals surface area contributed by atoms with Crippen molar-refractivity contribution in [3.05, 3.63) is 28.2 Å². The number of hydrogen-bond acceptors (Lipinski definition) is 3. The standard InChI is InChI=1S/C12H17BrN2O2/c1-2-5-15-6-7-17-11-8-9(13)3-4-10(11)12(14)16/h3-4,8,15H,2,5-7H2,1H3,(H2,14,16). The Morgan fingerprint density at radius 2 is 2.24 bits per heavy atom. The molecule has 94 valence electrons. The van der Waals surface area contributed by atoms with Gasteiger partial charge in [0.25, 0.3) is 5.91 Å². The highest BCUT2D eigenvalue weighted by Crippen LogP contribution is 2.23. The molecule has 0 unspecified atom stereocenters. The molecule has 0 bridgehead atoms. The number of rotatable bonds is 7. The van der Waals surface area contributed by atoms with Crippen LogP contribution in [-0.4, -0.2) is 25.6 Å². The first-order valence-corrected chi connectivity index (χ1v) is 6.37. The van der Waals surface area contributed by atoms with Crippen LogP contribution in [0.15, 0.2) is 22.7 Å². The van der Waals surface area contributed by atoms with Crippen LogP contribution < -0.4 is 15.8 Å². The molecular weight excluding hydrogens is 284 g/mol. The van der Waals surface area contributed by atoms with Gasteiger partial charge in [-0.05, 0) is 31.2 Å². The van der Waals surface area contributed by atoms with Crippen LogP contribution in [0.4, 0.5) is 0 Å². The summed E-state index contributed by atoms with van der Waals surface area (Å²) in [5, 5.41) is 3.22. The molecule has 0 aliphatic carbocycles. The van der Waals surface area contributed by atoms with Gasteiger partial charge in [0.1, 0.15) is 12.4 Å². The highest BCUT2D eigenvalue weighted by Gasteiger charge is 2.09. The summed E-state index contributed by atoms with van der Waals surface area (Å²) in [5.41, 5.74) is 5.67. The number of benzene rings is 1. The Labute approximate surface area is 110 Å². The first kappa shape index (κ1) is 14.0. The molecule has 0 heterocycles. The Kier molecular flexibility index (Phi) is 6.00. The second-order valence-electron chi connectivity index (χ2n) is 3.60. The summed E-state index contributed by atoms with van der Waals surface area (Å²) < 4.78 is 6.39. The highest BCUT2D eigenvalue weighted by molar-refractivity contribution is 9.10. The summed E-state index contributed by atoms with van der Waals surface area (Å²) in [6.07, 6.45) is 1.09. The Hall–Kier alpha value is -1.07. The average molecular weight is 301 g/mol. The minimum absolute atomic E-state index is 0.406. The Morgan fingerprint density at radius 3 is 2.88 bits per heavy atom. The van der Waals surface area contributed by atoms with Crippen molar-refractivity contribution in [2.45, 2.75) is 13.3 Å². The fourth-order valence-corrected chi connectivity index (χ4v) is 1.69. The van der Waals surface area contributed by atoms with Crippen molar-refractivity contribution in [2.24, 2.45) is 5.73 Å². The first-order valence-electron chi connectivity index (χ1n) is 5.58. The fourth-order valence-electron chi connectivity index (χ4n) is 1.35. The third-order valence-corrected chi connectivity index (χ3v) is 2.67. The minimum Gasteiger partial charge on any atom is -0.491 e. The lowest BCUT2D eigenvalue weighted by atomic mass is 10.2. The fraction of sp³-hybridized carbons (Fsp3) is 0.417. The molecule has 0 aliphatic rings. The summed E-state index contributed by atoms with van der Waals surface area (Å²) in [6, 6.07) is 5.17. The van der Waals surface area contributed by atoms with Gasteiger partial charge in [-0.2, -0.15) is 0 Å². The van der Waals surface area contributed by atoms with Gasteiger partial charge in [-0.3, -0.25) is 4.79 Å². The molecule has 3 N–H and O–H groups in total. The monoisotopic (exact) mass is 300 g/mol. The molecule has 17 heavy (non-hydrogen) atoms. The van der Waals surface area contributed by atoms with Crippen LogP contribution >= 0.6 is 15.9 Å². The molecule has 0 aliphatic heterocycles. The molecule has 0 fully saturated rings. The molecule has 0 saturated carbocycles. The van der Waals surface area contributed by atoms with E-state index in [-0.39, 0.29) is 0 Å². The number of nitrogens with one attached hydrogen (secondary N) is 1. The second kappa shape index (κ2) is 7.29. The molecule has 5 heteroatoms. The van der Waals surface area contributed by atoms with Gasteiger partial charge in [-0.25, -0.2) is 0 Å². The van der Waals surface area contributed by atoms with Gasteiger partial charge in [0.2, 0.25) is 0 Å². The van der Waals surface area contributed by atoms with E-state index in [1.165, 1.54) is 0 Å². The summed E-state index contributed by atoms with van der Waals surface area (Å²) in [6.45, 7) is 4.33. The van der Waals surface area contributed by atoms with Gasteiger partial charge < -0.3 is 15.8 Å². The Balaban J connectivity index is 2.56. The molecule has 1 rings (SSSR count).